The monoisotopic (exact) mass is 397 g/mol. The van der Waals surface area contributed by atoms with E-state index in [1.165, 1.54) is 147 Å². The maximum absolute atomic E-state index is 2.45. The summed E-state index contributed by atoms with van der Waals surface area (Å²) >= 11 is 2.04. The van der Waals surface area contributed by atoms with Crippen LogP contribution in [0.3, 0.4) is 0 Å². The summed E-state index contributed by atoms with van der Waals surface area (Å²) < 4.78 is 0. The van der Waals surface area contributed by atoms with Crippen molar-refractivity contribution in [3.05, 3.63) is 5.75 Å². The lowest BCUT2D eigenvalue weighted by atomic mass is 10.0. The van der Waals surface area contributed by atoms with Crippen LogP contribution < -0.4 is 0 Å². The topological polar surface area (TPSA) is 0 Å². The largest absolute Gasteiger partial charge is 0.157 e. The Kier molecular flexibility index (Phi) is 26.7. The molecular formula is C26H53S. The van der Waals surface area contributed by atoms with E-state index >= 15 is 0 Å². The summed E-state index contributed by atoms with van der Waals surface area (Å²) in [4.78, 5) is 0. The van der Waals surface area contributed by atoms with Gasteiger partial charge in [0.05, 0.1) is 0 Å². The predicted molar refractivity (Wildman–Crippen MR) is 130 cm³/mol. The van der Waals surface area contributed by atoms with Crippen molar-refractivity contribution in [2.24, 2.45) is 0 Å². The van der Waals surface area contributed by atoms with Crippen LogP contribution in [0.25, 0.3) is 0 Å². The molecule has 0 saturated heterocycles. The lowest BCUT2D eigenvalue weighted by molar-refractivity contribution is 0.523. The van der Waals surface area contributed by atoms with Gasteiger partial charge in [0, 0.05) is 5.75 Å². The van der Waals surface area contributed by atoms with Crippen LogP contribution in [-0.2, 0) is 0 Å². The van der Waals surface area contributed by atoms with Crippen molar-refractivity contribution < 1.29 is 0 Å². The highest BCUT2D eigenvalue weighted by Gasteiger charge is 1.96. The molecule has 0 atom stereocenters. The van der Waals surface area contributed by atoms with E-state index in [2.05, 4.69) is 19.6 Å². The Morgan fingerprint density at radius 2 is 0.741 bits per heavy atom. The van der Waals surface area contributed by atoms with Crippen molar-refractivity contribution in [1.29, 1.82) is 0 Å². The van der Waals surface area contributed by atoms with Gasteiger partial charge in [-0.3, -0.25) is 0 Å². The summed E-state index contributed by atoms with van der Waals surface area (Å²) in [7, 11) is 0. The molecule has 0 fully saturated rings. The molecule has 0 aliphatic heterocycles. The SMILES string of the molecule is CCCCCCCCCCCCCCCCCCCCC[CH]SCCCC. The van der Waals surface area contributed by atoms with Crippen molar-refractivity contribution in [2.75, 3.05) is 5.75 Å². The van der Waals surface area contributed by atoms with Gasteiger partial charge in [0.25, 0.3) is 0 Å². The zero-order valence-corrected chi connectivity index (χ0v) is 20.1. The third kappa shape index (κ3) is 26.4. The number of hydrogen-bond donors (Lipinski definition) is 0. The minimum absolute atomic E-state index is 1.33. The van der Waals surface area contributed by atoms with Gasteiger partial charge in [-0.1, -0.05) is 142 Å². The molecule has 0 rings (SSSR count). The van der Waals surface area contributed by atoms with Gasteiger partial charge in [-0.25, -0.2) is 0 Å². The lowest BCUT2D eigenvalue weighted by Gasteiger charge is -2.04. The third-order valence-electron chi connectivity index (χ3n) is 5.66. The molecule has 0 heterocycles. The summed E-state index contributed by atoms with van der Waals surface area (Å²) in [6, 6.07) is 0. The van der Waals surface area contributed by atoms with Crippen LogP contribution >= 0.6 is 11.8 Å². The van der Waals surface area contributed by atoms with Crippen LogP contribution in [-0.4, -0.2) is 5.75 Å². The first kappa shape index (κ1) is 27.4. The Hall–Kier alpha value is 0.350. The van der Waals surface area contributed by atoms with Gasteiger partial charge in [-0.2, -0.15) is 11.8 Å². The molecule has 0 unspecified atom stereocenters. The van der Waals surface area contributed by atoms with Gasteiger partial charge in [0.15, 0.2) is 0 Å². The molecule has 1 radical (unpaired) electrons. The Morgan fingerprint density at radius 3 is 1.11 bits per heavy atom. The molecule has 0 aromatic carbocycles. The second kappa shape index (κ2) is 26.4. The van der Waals surface area contributed by atoms with Crippen LogP contribution in [0.4, 0.5) is 0 Å². The highest BCUT2D eigenvalue weighted by atomic mass is 32.2. The number of hydrogen-bond acceptors (Lipinski definition) is 1. The van der Waals surface area contributed by atoms with Gasteiger partial charge >= 0.3 is 0 Å². The number of rotatable bonds is 24. The Labute approximate surface area is 178 Å². The van der Waals surface area contributed by atoms with Crippen LogP contribution in [0.1, 0.15) is 155 Å². The maximum Gasteiger partial charge on any atom is 0.0166 e. The van der Waals surface area contributed by atoms with E-state index < -0.39 is 0 Å². The van der Waals surface area contributed by atoms with Crippen molar-refractivity contribution in [3.8, 4) is 0 Å². The minimum atomic E-state index is 1.33. The van der Waals surface area contributed by atoms with Crippen LogP contribution in [0.15, 0.2) is 0 Å². The Morgan fingerprint density at radius 1 is 0.407 bits per heavy atom. The molecule has 0 N–H and O–H groups in total. The summed E-state index contributed by atoms with van der Waals surface area (Å²) in [6.45, 7) is 4.58. The minimum Gasteiger partial charge on any atom is -0.157 e. The molecule has 0 aliphatic rings. The lowest BCUT2D eigenvalue weighted by Crippen LogP contribution is -1.84. The molecule has 163 valence electrons. The van der Waals surface area contributed by atoms with Gasteiger partial charge in [0.1, 0.15) is 0 Å². The van der Waals surface area contributed by atoms with Crippen LogP contribution in [0.2, 0.25) is 0 Å². The normalized spacial score (nSPS) is 11.3. The summed E-state index contributed by atoms with van der Waals surface area (Å²) in [6.07, 6.45) is 31.9. The summed E-state index contributed by atoms with van der Waals surface area (Å²) in [5.41, 5.74) is 0. The van der Waals surface area contributed by atoms with E-state index in [0.717, 1.165) is 0 Å². The van der Waals surface area contributed by atoms with E-state index in [9.17, 15) is 0 Å². The smallest absolute Gasteiger partial charge is 0.0166 e. The molecule has 0 aliphatic carbocycles. The number of unbranched alkanes of at least 4 members (excludes halogenated alkanes) is 20. The maximum atomic E-state index is 2.45. The quantitative estimate of drug-likeness (QED) is 0.146. The number of thioether (sulfide) groups is 1. The van der Waals surface area contributed by atoms with Gasteiger partial charge in [0.2, 0.25) is 0 Å². The van der Waals surface area contributed by atoms with Crippen LogP contribution in [0.5, 0.6) is 0 Å². The molecule has 0 saturated carbocycles. The Balaban J connectivity index is 2.95. The predicted octanol–water partition coefficient (Wildman–Crippen LogP) is 10.5. The van der Waals surface area contributed by atoms with E-state index in [4.69, 9.17) is 0 Å². The standard InChI is InChI=1S/C26H53S/c1-3-5-7-8-9-10-11-12-13-14-15-16-17-18-19-20-21-22-23-24-26-27-25-6-4-2/h26H,3-25H2,1-2H3. The van der Waals surface area contributed by atoms with Crippen molar-refractivity contribution >= 4 is 11.8 Å². The molecule has 0 aromatic rings. The zero-order chi connectivity index (χ0) is 19.7. The average Bonchev–Trinajstić information content (AvgIpc) is 2.68. The molecule has 1 heteroatoms. The van der Waals surface area contributed by atoms with E-state index in [1.54, 1.807) is 0 Å². The fourth-order valence-corrected chi connectivity index (χ4v) is 4.66. The van der Waals surface area contributed by atoms with Gasteiger partial charge in [-0.15, -0.1) is 0 Å². The second-order valence-corrected chi connectivity index (χ2v) is 9.62. The summed E-state index contributed by atoms with van der Waals surface area (Å²) in [5, 5.41) is 0. The zero-order valence-electron chi connectivity index (χ0n) is 19.2. The van der Waals surface area contributed by atoms with E-state index in [1.807, 2.05) is 11.8 Å². The molecule has 0 spiro atoms. The van der Waals surface area contributed by atoms with E-state index in [0.29, 0.717) is 0 Å². The van der Waals surface area contributed by atoms with Crippen molar-refractivity contribution in [2.45, 2.75) is 155 Å². The molecule has 27 heavy (non-hydrogen) atoms. The Bertz CT molecular complexity index is 214. The fraction of sp³-hybridized carbons (Fsp3) is 0.962. The molecule has 0 aromatic heterocycles. The molecule has 0 bridgehead atoms. The molecule has 0 nitrogen and oxygen atoms in total. The van der Waals surface area contributed by atoms with Crippen molar-refractivity contribution in [3.63, 3.8) is 0 Å². The average molecular weight is 398 g/mol. The summed E-state index contributed by atoms with van der Waals surface area (Å²) in [5.74, 6) is 3.78. The molecule has 0 amide bonds. The fourth-order valence-electron chi connectivity index (χ4n) is 3.70. The van der Waals surface area contributed by atoms with Crippen molar-refractivity contribution in [1.82, 2.24) is 0 Å². The first-order valence-corrected chi connectivity index (χ1v) is 13.9. The van der Waals surface area contributed by atoms with Crippen LogP contribution in [0, 0.1) is 5.75 Å². The first-order chi connectivity index (χ1) is 13.4. The first-order valence-electron chi connectivity index (χ1n) is 12.8. The van der Waals surface area contributed by atoms with Gasteiger partial charge < -0.3 is 0 Å². The van der Waals surface area contributed by atoms with Gasteiger partial charge in [-0.05, 0) is 18.6 Å². The highest BCUT2D eigenvalue weighted by molar-refractivity contribution is 8.01. The second-order valence-electron chi connectivity index (χ2n) is 8.54. The third-order valence-corrected chi connectivity index (χ3v) is 6.65. The highest BCUT2D eigenvalue weighted by Crippen LogP contribution is 2.17. The van der Waals surface area contributed by atoms with E-state index in [-0.39, 0.29) is 0 Å². The molecular weight excluding hydrogens is 344 g/mol.